The molecule has 17 heavy (non-hydrogen) atoms. The fraction of sp³-hybridized carbons (Fsp3) is 0.200. The van der Waals surface area contributed by atoms with Crippen LogP contribution in [0.2, 0.25) is 0 Å². The number of anilines is 1. The van der Waals surface area contributed by atoms with Gasteiger partial charge in [-0.2, -0.15) is 5.26 Å². The van der Waals surface area contributed by atoms with Crippen LogP contribution < -0.4 is 4.31 Å². The number of carboxylic acid groups (broad SMARTS) is 1. The van der Waals surface area contributed by atoms with E-state index in [4.69, 9.17) is 10.4 Å². The van der Waals surface area contributed by atoms with Gasteiger partial charge in [0, 0.05) is 7.05 Å². The van der Waals surface area contributed by atoms with Crippen LogP contribution in [0.3, 0.4) is 0 Å². The maximum absolute atomic E-state index is 11.6. The number of hydrogen-bond donors (Lipinski definition) is 1. The van der Waals surface area contributed by atoms with E-state index >= 15 is 0 Å². The van der Waals surface area contributed by atoms with Crippen molar-refractivity contribution in [3.05, 3.63) is 29.8 Å². The Balaban J connectivity index is 3.00. The molecule has 90 valence electrons. The normalized spacial score (nSPS) is 10.6. The molecule has 0 bridgehead atoms. The summed E-state index contributed by atoms with van der Waals surface area (Å²) >= 11 is 0. The summed E-state index contributed by atoms with van der Waals surface area (Å²) in [6, 6.07) is 7.71. The first-order valence-electron chi connectivity index (χ1n) is 4.55. The van der Waals surface area contributed by atoms with Crippen LogP contribution in [0.4, 0.5) is 5.69 Å². The molecule has 1 N–H and O–H groups in total. The van der Waals surface area contributed by atoms with Crippen LogP contribution in [0.5, 0.6) is 0 Å². The fourth-order valence-electron chi connectivity index (χ4n) is 1.16. The third-order valence-electron chi connectivity index (χ3n) is 2.08. The van der Waals surface area contributed by atoms with Gasteiger partial charge in [-0.25, -0.2) is 8.42 Å². The summed E-state index contributed by atoms with van der Waals surface area (Å²) < 4.78 is 24.0. The van der Waals surface area contributed by atoms with E-state index in [0.717, 1.165) is 4.31 Å². The summed E-state index contributed by atoms with van der Waals surface area (Å²) in [5.74, 6) is -2.38. The second-order valence-corrected chi connectivity index (χ2v) is 5.28. The van der Waals surface area contributed by atoms with Gasteiger partial charge in [0.05, 0.1) is 17.3 Å². The molecule has 0 heterocycles. The van der Waals surface area contributed by atoms with Gasteiger partial charge in [-0.1, -0.05) is 0 Å². The molecule has 0 aliphatic heterocycles. The van der Waals surface area contributed by atoms with Gasteiger partial charge < -0.3 is 5.11 Å². The van der Waals surface area contributed by atoms with E-state index < -0.39 is 21.7 Å². The van der Waals surface area contributed by atoms with Crippen molar-refractivity contribution in [2.75, 3.05) is 17.1 Å². The Kier molecular flexibility index (Phi) is 3.70. The zero-order valence-corrected chi connectivity index (χ0v) is 9.81. The molecule has 0 spiro atoms. The molecule has 0 aliphatic carbocycles. The van der Waals surface area contributed by atoms with Gasteiger partial charge in [0.1, 0.15) is 0 Å². The van der Waals surface area contributed by atoms with Gasteiger partial charge in [0.2, 0.25) is 10.0 Å². The SMILES string of the molecule is CN(c1ccc(C#N)cc1)S(=O)(=O)CC(=O)O. The van der Waals surface area contributed by atoms with Crippen molar-refractivity contribution in [3.8, 4) is 6.07 Å². The van der Waals surface area contributed by atoms with E-state index in [1.807, 2.05) is 6.07 Å². The Hall–Kier alpha value is -2.07. The lowest BCUT2D eigenvalue weighted by atomic mass is 10.2. The van der Waals surface area contributed by atoms with Crippen LogP contribution in [0, 0.1) is 11.3 Å². The van der Waals surface area contributed by atoms with Gasteiger partial charge in [0.15, 0.2) is 5.75 Å². The summed E-state index contributed by atoms with van der Waals surface area (Å²) in [4.78, 5) is 10.4. The first-order valence-corrected chi connectivity index (χ1v) is 6.16. The zero-order valence-electron chi connectivity index (χ0n) is 8.99. The van der Waals surface area contributed by atoms with Crippen molar-refractivity contribution in [2.24, 2.45) is 0 Å². The van der Waals surface area contributed by atoms with Crippen LogP contribution in [0.1, 0.15) is 5.56 Å². The van der Waals surface area contributed by atoms with Gasteiger partial charge in [0.25, 0.3) is 0 Å². The van der Waals surface area contributed by atoms with Gasteiger partial charge >= 0.3 is 5.97 Å². The van der Waals surface area contributed by atoms with E-state index in [9.17, 15) is 13.2 Å². The predicted octanol–water partition coefficient (Wildman–Crippen LogP) is 0.409. The minimum Gasteiger partial charge on any atom is -0.480 e. The molecular weight excluding hydrogens is 244 g/mol. The Morgan fingerprint density at radius 1 is 1.41 bits per heavy atom. The molecule has 1 rings (SSSR count). The highest BCUT2D eigenvalue weighted by Crippen LogP contribution is 2.16. The highest BCUT2D eigenvalue weighted by atomic mass is 32.2. The molecule has 0 amide bonds. The van der Waals surface area contributed by atoms with E-state index in [0.29, 0.717) is 11.3 Å². The number of carboxylic acids is 1. The molecular formula is C10H10N2O4S. The van der Waals surface area contributed by atoms with Crippen LogP contribution >= 0.6 is 0 Å². The topological polar surface area (TPSA) is 98.5 Å². The monoisotopic (exact) mass is 254 g/mol. The zero-order chi connectivity index (χ0) is 13.1. The summed E-state index contributed by atoms with van der Waals surface area (Å²) in [7, 11) is -2.62. The van der Waals surface area contributed by atoms with Crippen molar-refractivity contribution < 1.29 is 18.3 Å². The minimum atomic E-state index is -3.88. The standard InChI is InChI=1S/C10H10N2O4S/c1-12(17(15,16)7-10(13)14)9-4-2-8(6-11)3-5-9/h2-5H,7H2,1H3,(H,13,14). The maximum Gasteiger partial charge on any atom is 0.320 e. The number of nitriles is 1. The number of benzene rings is 1. The minimum absolute atomic E-state index is 0.310. The van der Waals surface area contributed by atoms with Gasteiger partial charge in [-0.15, -0.1) is 0 Å². The number of hydrogen-bond acceptors (Lipinski definition) is 4. The smallest absolute Gasteiger partial charge is 0.320 e. The van der Waals surface area contributed by atoms with E-state index in [1.165, 1.54) is 31.3 Å². The Labute approximate surface area is 98.8 Å². The second kappa shape index (κ2) is 4.84. The average Bonchev–Trinajstić information content (AvgIpc) is 2.26. The van der Waals surface area contributed by atoms with Crippen molar-refractivity contribution in [3.63, 3.8) is 0 Å². The van der Waals surface area contributed by atoms with E-state index in [-0.39, 0.29) is 0 Å². The lowest BCUT2D eigenvalue weighted by molar-refractivity contribution is -0.134. The molecule has 6 nitrogen and oxygen atoms in total. The molecule has 0 radical (unpaired) electrons. The van der Waals surface area contributed by atoms with E-state index in [1.54, 1.807) is 0 Å². The van der Waals surface area contributed by atoms with E-state index in [2.05, 4.69) is 0 Å². The molecule has 0 saturated heterocycles. The predicted molar refractivity (Wildman–Crippen MR) is 61.0 cm³/mol. The molecule has 0 aromatic heterocycles. The first-order chi connectivity index (χ1) is 7.86. The fourth-order valence-corrected chi connectivity index (χ4v) is 2.11. The summed E-state index contributed by atoms with van der Waals surface area (Å²) in [6.45, 7) is 0. The molecule has 0 fully saturated rings. The molecule has 1 aromatic carbocycles. The largest absolute Gasteiger partial charge is 0.480 e. The van der Waals surface area contributed by atoms with Crippen molar-refractivity contribution in [1.29, 1.82) is 5.26 Å². The average molecular weight is 254 g/mol. The van der Waals surface area contributed by atoms with Crippen LogP contribution in [0.15, 0.2) is 24.3 Å². The Bertz CT molecular complexity index is 557. The molecule has 0 saturated carbocycles. The molecule has 1 aromatic rings. The number of nitrogens with zero attached hydrogens (tertiary/aromatic N) is 2. The van der Waals surface area contributed by atoms with Crippen LogP contribution in [-0.4, -0.2) is 32.3 Å². The number of sulfonamides is 1. The number of carbonyl (C=O) groups is 1. The Morgan fingerprint density at radius 3 is 2.35 bits per heavy atom. The molecule has 0 aliphatic rings. The van der Waals surface area contributed by atoms with Crippen LogP contribution in [-0.2, 0) is 14.8 Å². The molecule has 0 atom stereocenters. The number of rotatable bonds is 4. The number of aliphatic carboxylic acids is 1. The first kappa shape index (κ1) is 13.0. The third kappa shape index (κ3) is 3.19. The maximum atomic E-state index is 11.6. The summed E-state index contributed by atoms with van der Waals surface area (Å²) in [5, 5.41) is 17.1. The lowest BCUT2D eigenvalue weighted by Crippen LogP contribution is -2.32. The van der Waals surface area contributed by atoms with Gasteiger partial charge in [-0.3, -0.25) is 9.10 Å². The quantitative estimate of drug-likeness (QED) is 0.839. The van der Waals surface area contributed by atoms with Crippen molar-refractivity contribution in [1.82, 2.24) is 0 Å². The lowest BCUT2D eigenvalue weighted by Gasteiger charge is -2.18. The highest BCUT2D eigenvalue weighted by Gasteiger charge is 2.21. The molecule has 0 unspecified atom stereocenters. The van der Waals surface area contributed by atoms with Crippen LogP contribution in [0.25, 0.3) is 0 Å². The second-order valence-electron chi connectivity index (χ2n) is 3.28. The van der Waals surface area contributed by atoms with Crippen molar-refractivity contribution >= 4 is 21.7 Å². The molecule has 7 heteroatoms. The Morgan fingerprint density at radius 2 is 1.94 bits per heavy atom. The van der Waals surface area contributed by atoms with Crippen molar-refractivity contribution in [2.45, 2.75) is 0 Å². The summed E-state index contributed by atoms with van der Waals surface area (Å²) in [6.07, 6.45) is 0. The highest BCUT2D eigenvalue weighted by molar-refractivity contribution is 7.93. The third-order valence-corrected chi connectivity index (χ3v) is 3.74. The van der Waals surface area contributed by atoms with Gasteiger partial charge in [-0.05, 0) is 24.3 Å². The summed E-state index contributed by atoms with van der Waals surface area (Å²) in [5.41, 5.74) is 0.711.